The van der Waals surface area contributed by atoms with Gasteiger partial charge >= 0.3 is 0 Å². The normalized spacial score (nSPS) is 13.5. The molecule has 2 aromatic rings. The highest BCUT2D eigenvalue weighted by molar-refractivity contribution is 7.80. The summed E-state index contributed by atoms with van der Waals surface area (Å²) in [4.78, 5) is 28.1. The standard InChI is InChI=1S/C23H27ClN4O3S/c1-3-15-31-18-9-7-17(8-10-18)22(30)26-23(32)25-20-6-4-5-19(24)21(20)28-13-11-27(12-14-28)16(2)29/h4-10H,3,11-15H2,1-2H3,(H2,25,26,30,32). The summed E-state index contributed by atoms with van der Waals surface area (Å²) < 4.78 is 5.54. The molecular formula is C23H27ClN4O3S. The Morgan fingerprint density at radius 2 is 1.78 bits per heavy atom. The summed E-state index contributed by atoms with van der Waals surface area (Å²) in [5.41, 5.74) is 1.97. The van der Waals surface area contributed by atoms with Crippen LogP contribution in [0.2, 0.25) is 5.02 Å². The molecule has 32 heavy (non-hydrogen) atoms. The van der Waals surface area contributed by atoms with Crippen LogP contribution in [0.3, 0.4) is 0 Å². The molecule has 2 amide bonds. The highest BCUT2D eigenvalue weighted by Crippen LogP contribution is 2.34. The number of nitrogens with one attached hydrogen (secondary N) is 2. The molecule has 170 valence electrons. The van der Waals surface area contributed by atoms with E-state index in [0.29, 0.717) is 49.1 Å². The van der Waals surface area contributed by atoms with E-state index in [9.17, 15) is 9.59 Å². The number of halogens is 1. The molecule has 0 radical (unpaired) electrons. The monoisotopic (exact) mass is 474 g/mol. The van der Waals surface area contributed by atoms with Crippen molar-refractivity contribution in [1.29, 1.82) is 0 Å². The second-order valence-electron chi connectivity index (χ2n) is 7.41. The van der Waals surface area contributed by atoms with Gasteiger partial charge in [0.05, 0.1) is 23.0 Å². The number of carbonyl (C=O) groups excluding carboxylic acids is 2. The van der Waals surface area contributed by atoms with Crippen LogP contribution in [0.1, 0.15) is 30.6 Å². The molecule has 2 aromatic carbocycles. The number of hydrogen-bond donors (Lipinski definition) is 2. The van der Waals surface area contributed by atoms with Crippen molar-refractivity contribution in [2.75, 3.05) is 43.0 Å². The molecule has 0 unspecified atom stereocenters. The van der Waals surface area contributed by atoms with Crippen molar-refractivity contribution in [3.8, 4) is 5.75 Å². The first-order valence-electron chi connectivity index (χ1n) is 10.5. The molecule has 1 aliphatic rings. The fraction of sp³-hybridized carbons (Fsp3) is 0.348. The molecule has 0 aromatic heterocycles. The second-order valence-corrected chi connectivity index (χ2v) is 8.23. The van der Waals surface area contributed by atoms with Gasteiger partial charge in [-0.15, -0.1) is 0 Å². The van der Waals surface area contributed by atoms with Crippen LogP contribution in [0.25, 0.3) is 0 Å². The van der Waals surface area contributed by atoms with Gasteiger partial charge in [0.25, 0.3) is 5.91 Å². The van der Waals surface area contributed by atoms with Gasteiger partial charge in [-0.1, -0.05) is 24.6 Å². The quantitative estimate of drug-likeness (QED) is 0.618. The van der Waals surface area contributed by atoms with Gasteiger partial charge in [-0.2, -0.15) is 0 Å². The lowest BCUT2D eigenvalue weighted by Crippen LogP contribution is -2.48. The van der Waals surface area contributed by atoms with Crippen LogP contribution in [-0.4, -0.2) is 54.6 Å². The lowest BCUT2D eigenvalue weighted by atomic mass is 10.2. The van der Waals surface area contributed by atoms with Gasteiger partial charge in [-0.3, -0.25) is 14.9 Å². The van der Waals surface area contributed by atoms with Gasteiger partial charge in [0.2, 0.25) is 5.91 Å². The minimum Gasteiger partial charge on any atom is -0.494 e. The molecule has 1 fully saturated rings. The van der Waals surface area contributed by atoms with Gasteiger partial charge in [-0.25, -0.2) is 0 Å². The van der Waals surface area contributed by atoms with E-state index in [1.165, 1.54) is 0 Å². The maximum absolute atomic E-state index is 12.6. The minimum atomic E-state index is -0.316. The van der Waals surface area contributed by atoms with Crippen LogP contribution in [-0.2, 0) is 4.79 Å². The summed E-state index contributed by atoms with van der Waals surface area (Å²) in [6.45, 7) is 6.80. The van der Waals surface area contributed by atoms with Crippen molar-refractivity contribution in [3.05, 3.63) is 53.1 Å². The number of carbonyl (C=O) groups is 2. The average molecular weight is 475 g/mol. The van der Waals surface area contributed by atoms with Gasteiger partial charge in [0, 0.05) is 38.7 Å². The first-order chi connectivity index (χ1) is 15.4. The lowest BCUT2D eigenvalue weighted by Gasteiger charge is -2.37. The first kappa shape index (κ1) is 23.8. The average Bonchev–Trinajstić information content (AvgIpc) is 2.78. The smallest absolute Gasteiger partial charge is 0.257 e. The maximum Gasteiger partial charge on any atom is 0.257 e. The molecule has 0 atom stereocenters. The number of nitrogens with zero attached hydrogens (tertiary/aromatic N) is 2. The highest BCUT2D eigenvalue weighted by Gasteiger charge is 2.23. The van der Waals surface area contributed by atoms with Crippen LogP contribution >= 0.6 is 23.8 Å². The summed E-state index contributed by atoms with van der Waals surface area (Å²) in [5.74, 6) is 0.469. The molecule has 9 heteroatoms. The number of para-hydroxylation sites is 1. The zero-order valence-electron chi connectivity index (χ0n) is 18.2. The van der Waals surface area contributed by atoms with Crippen LogP contribution in [0, 0.1) is 0 Å². The van der Waals surface area contributed by atoms with Gasteiger partial charge in [0.1, 0.15) is 5.75 Å². The summed E-state index contributed by atoms with van der Waals surface area (Å²) in [6, 6.07) is 12.4. The first-order valence-corrected chi connectivity index (χ1v) is 11.3. The van der Waals surface area contributed by atoms with E-state index in [1.807, 2.05) is 30.0 Å². The van der Waals surface area contributed by atoms with E-state index in [0.717, 1.165) is 17.9 Å². The second kappa shape index (κ2) is 11.2. The van der Waals surface area contributed by atoms with Gasteiger partial charge in [-0.05, 0) is 55.0 Å². The Bertz CT molecular complexity index is 976. The number of piperazine rings is 1. The molecule has 2 N–H and O–H groups in total. The summed E-state index contributed by atoms with van der Waals surface area (Å²) in [5, 5.41) is 6.54. The summed E-state index contributed by atoms with van der Waals surface area (Å²) >= 11 is 11.9. The van der Waals surface area contributed by atoms with Crippen LogP contribution in [0.15, 0.2) is 42.5 Å². The Morgan fingerprint density at radius 3 is 2.41 bits per heavy atom. The maximum atomic E-state index is 12.6. The molecule has 0 spiro atoms. The number of ether oxygens (including phenoxy) is 1. The molecule has 1 aliphatic heterocycles. The number of benzene rings is 2. The molecule has 0 bridgehead atoms. The Kier molecular flexibility index (Phi) is 8.30. The molecule has 3 rings (SSSR count). The van der Waals surface area contributed by atoms with Crippen molar-refractivity contribution in [2.45, 2.75) is 20.3 Å². The van der Waals surface area contributed by atoms with Crippen molar-refractivity contribution >= 4 is 52.1 Å². The molecule has 1 heterocycles. The third-order valence-electron chi connectivity index (χ3n) is 5.09. The van der Waals surface area contributed by atoms with Crippen molar-refractivity contribution in [1.82, 2.24) is 10.2 Å². The third kappa shape index (κ3) is 6.11. The molecule has 7 nitrogen and oxygen atoms in total. The van der Waals surface area contributed by atoms with E-state index in [-0.39, 0.29) is 16.9 Å². The van der Waals surface area contributed by atoms with Gasteiger partial charge < -0.3 is 19.9 Å². The zero-order chi connectivity index (χ0) is 23.1. The fourth-order valence-corrected chi connectivity index (χ4v) is 3.93. The number of rotatable bonds is 6. The number of hydrogen-bond acceptors (Lipinski definition) is 5. The van der Waals surface area contributed by atoms with Crippen LogP contribution in [0.5, 0.6) is 5.75 Å². The minimum absolute atomic E-state index is 0.0657. The zero-order valence-corrected chi connectivity index (χ0v) is 19.8. The Morgan fingerprint density at radius 1 is 1.09 bits per heavy atom. The molecule has 0 saturated carbocycles. The highest BCUT2D eigenvalue weighted by atomic mass is 35.5. The fourth-order valence-electron chi connectivity index (χ4n) is 3.43. The largest absolute Gasteiger partial charge is 0.494 e. The summed E-state index contributed by atoms with van der Waals surface area (Å²) in [6.07, 6.45) is 0.917. The van der Waals surface area contributed by atoms with E-state index in [4.69, 9.17) is 28.6 Å². The van der Waals surface area contributed by atoms with E-state index in [2.05, 4.69) is 15.5 Å². The lowest BCUT2D eigenvalue weighted by molar-refractivity contribution is -0.129. The van der Waals surface area contributed by atoms with Gasteiger partial charge in [0.15, 0.2) is 5.11 Å². The van der Waals surface area contributed by atoms with Crippen molar-refractivity contribution in [3.63, 3.8) is 0 Å². The van der Waals surface area contributed by atoms with Crippen LogP contribution in [0.4, 0.5) is 11.4 Å². The molecular weight excluding hydrogens is 448 g/mol. The van der Waals surface area contributed by atoms with E-state index < -0.39 is 0 Å². The SMILES string of the molecule is CCCOc1ccc(C(=O)NC(=S)Nc2cccc(Cl)c2N2CCN(C(C)=O)CC2)cc1. The van der Waals surface area contributed by atoms with Crippen molar-refractivity contribution < 1.29 is 14.3 Å². The van der Waals surface area contributed by atoms with Crippen LogP contribution < -0.4 is 20.3 Å². The predicted molar refractivity (Wildman–Crippen MR) is 132 cm³/mol. The Balaban J connectivity index is 1.64. The number of thiocarbonyl (C=S) groups is 1. The van der Waals surface area contributed by atoms with E-state index in [1.54, 1.807) is 31.2 Å². The number of anilines is 2. The predicted octanol–water partition coefficient (Wildman–Crippen LogP) is 3.92. The number of amides is 2. The molecule has 1 saturated heterocycles. The molecule has 0 aliphatic carbocycles. The van der Waals surface area contributed by atoms with Crippen molar-refractivity contribution in [2.24, 2.45) is 0 Å². The van der Waals surface area contributed by atoms with E-state index >= 15 is 0 Å². The topological polar surface area (TPSA) is 73.9 Å². The summed E-state index contributed by atoms with van der Waals surface area (Å²) in [7, 11) is 0. The Labute approximate surface area is 198 Å². The Hall–Kier alpha value is -2.84. The third-order valence-corrected chi connectivity index (χ3v) is 5.60.